The molecule has 1 aromatic carbocycles. The predicted octanol–water partition coefficient (Wildman–Crippen LogP) is 4.00. The van der Waals surface area contributed by atoms with E-state index in [1.165, 1.54) is 0 Å². The van der Waals surface area contributed by atoms with Crippen molar-refractivity contribution in [1.82, 2.24) is 14.6 Å². The van der Waals surface area contributed by atoms with E-state index in [2.05, 4.69) is 17.0 Å². The number of nitrogens with zero attached hydrogens (tertiary/aromatic N) is 3. The zero-order chi connectivity index (χ0) is 13.2. The maximum Gasteiger partial charge on any atom is 0.157 e. The van der Waals surface area contributed by atoms with Crippen molar-refractivity contribution in [1.29, 1.82) is 0 Å². The van der Waals surface area contributed by atoms with Crippen LogP contribution < -0.4 is 0 Å². The minimum absolute atomic E-state index is 0.589. The second-order valence-corrected chi connectivity index (χ2v) is 4.87. The summed E-state index contributed by atoms with van der Waals surface area (Å²) in [4.78, 5) is 4.63. The van der Waals surface area contributed by atoms with Crippen molar-refractivity contribution in [3.63, 3.8) is 0 Å². The normalized spacial score (nSPS) is 11.1. The fourth-order valence-electron chi connectivity index (χ4n) is 2.12. The molecule has 4 heteroatoms. The molecule has 3 nitrogen and oxygen atoms in total. The first-order valence-corrected chi connectivity index (χ1v) is 6.76. The highest BCUT2D eigenvalue weighted by Crippen LogP contribution is 2.22. The highest BCUT2D eigenvalue weighted by molar-refractivity contribution is 6.30. The van der Waals surface area contributed by atoms with Crippen molar-refractivity contribution in [3.8, 4) is 11.3 Å². The number of hydrogen-bond donors (Lipinski definition) is 0. The molecule has 96 valence electrons. The summed E-state index contributed by atoms with van der Waals surface area (Å²) in [7, 11) is 0. The summed E-state index contributed by atoms with van der Waals surface area (Å²) < 4.78 is 1.69. The maximum absolute atomic E-state index is 6.29. The smallest absolute Gasteiger partial charge is 0.157 e. The fourth-order valence-corrected chi connectivity index (χ4v) is 2.35. The van der Waals surface area contributed by atoms with Crippen LogP contribution in [0, 0.1) is 0 Å². The summed E-state index contributed by atoms with van der Waals surface area (Å²) in [6.45, 7) is 2.13. The van der Waals surface area contributed by atoms with Gasteiger partial charge in [0.25, 0.3) is 0 Å². The highest BCUT2D eigenvalue weighted by atomic mass is 35.5. The molecule has 0 N–H and O–H groups in total. The van der Waals surface area contributed by atoms with E-state index in [0.717, 1.165) is 35.4 Å². The molecule has 2 heterocycles. The first kappa shape index (κ1) is 12.2. The summed E-state index contributed by atoms with van der Waals surface area (Å²) in [5.41, 5.74) is 3.77. The zero-order valence-electron chi connectivity index (χ0n) is 10.7. The highest BCUT2D eigenvalue weighted by Gasteiger charge is 2.08. The van der Waals surface area contributed by atoms with E-state index in [-0.39, 0.29) is 0 Å². The second-order valence-electron chi connectivity index (χ2n) is 4.49. The molecular formula is C15H14ClN3. The Labute approximate surface area is 116 Å². The van der Waals surface area contributed by atoms with Gasteiger partial charge in [0.15, 0.2) is 5.65 Å². The number of aryl methyl sites for hydroxylation is 1. The van der Waals surface area contributed by atoms with Gasteiger partial charge in [0.2, 0.25) is 0 Å². The van der Waals surface area contributed by atoms with Crippen LogP contribution in [-0.4, -0.2) is 14.6 Å². The number of fused-ring (bicyclic) bond motifs is 1. The van der Waals surface area contributed by atoms with Gasteiger partial charge in [0, 0.05) is 17.7 Å². The average Bonchev–Trinajstić information content (AvgIpc) is 2.83. The lowest BCUT2D eigenvalue weighted by Crippen LogP contribution is -1.95. The van der Waals surface area contributed by atoms with Crippen molar-refractivity contribution < 1.29 is 0 Å². The van der Waals surface area contributed by atoms with Crippen LogP contribution in [0.4, 0.5) is 0 Å². The maximum atomic E-state index is 6.29. The van der Waals surface area contributed by atoms with Crippen LogP contribution in [0.2, 0.25) is 5.15 Å². The van der Waals surface area contributed by atoms with Crippen molar-refractivity contribution in [2.45, 2.75) is 19.8 Å². The van der Waals surface area contributed by atoms with Gasteiger partial charge < -0.3 is 0 Å². The lowest BCUT2D eigenvalue weighted by Gasteiger charge is -2.03. The van der Waals surface area contributed by atoms with E-state index < -0.39 is 0 Å². The molecule has 0 spiro atoms. The molecule has 0 radical (unpaired) electrons. The molecule has 0 aliphatic rings. The van der Waals surface area contributed by atoms with Gasteiger partial charge in [0.1, 0.15) is 5.15 Å². The monoisotopic (exact) mass is 271 g/mol. The summed E-state index contributed by atoms with van der Waals surface area (Å²) in [6.07, 6.45) is 2.01. The molecule has 0 fully saturated rings. The van der Waals surface area contributed by atoms with Crippen LogP contribution in [0.1, 0.15) is 19.0 Å². The minimum Gasteiger partial charge on any atom is -0.228 e. The number of halogens is 1. The molecule has 0 aliphatic carbocycles. The summed E-state index contributed by atoms with van der Waals surface area (Å²) in [6, 6.07) is 13.9. The van der Waals surface area contributed by atoms with Gasteiger partial charge in [-0.1, -0.05) is 55.3 Å². The molecule has 0 saturated heterocycles. The van der Waals surface area contributed by atoms with Gasteiger partial charge in [-0.15, -0.1) is 0 Å². The first-order valence-electron chi connectivity index (χ1n) is 6.38. The Bertz CT molecular complexity index is 704. The fraction of sp³-hybridized carbons (Fsp3) is 0.200. The van der Waals surface area contributed by atoms with Gasteiger partial charge in [0.05, 0.1) is 11.4 Å². The Morgan fingerprint density at radius 3 is 2.68 bits per heavy atom. The largest absolute Gasteiger partial charge is 0.228 e. The topological polar surface area (TPSA) is 30.2 Å². The predicted molar refractivity (Wildman–Crippen MR) is 77.4 cm³/mol. The lowest BCUT2D eigenvalue weighted by molar-refractivity contribution is 0.834. The molecule has 19 heavy (non-hydrogen) atoms. The van der Waals surface area contributed by atoms with E-state index in [4.69, 9.17) is 11.6 Å². The third-order valence-electron chi connectivity index (χ3n) is 3.01. The number of hydrogen-bond acceptors (Lipinski definition) is 2. The van der Waals surface area contributed by atoms with E-state index in [1.54, 1.807) is 4.52 Å². The third-order valence-corrected chi connectivity index (χ3v) is 3.28. The Morgan fingerprint density at radius 2 is 1.95 bits per heavy atom. The zero-order valence-corrected chi connectivity index (χ0v) is 11.4. The lowest BCUT2D eigenvalue weighted by atomic mass is 10.1. The van der Waals surface area contributed by atoms with Crippen LogP contribution in [0.5, 0.6) is 0 Å². The Balaban J connectivity index is 2.13. The van der Waals surface area contributed by atoms with Gasteiger partial charge >= 0.3 is 0 Å². The number of benzene rings is 1. The van der Waals surface area contributed by atoms with E-state index >= 15 is 0 Å². The van der Waals surface area contributed by atoms with Crippen LogP contribution >= 0.6 is 11.6 Å². The molecule has 0 aliphatic heterocycles. The Kier molecular flexibility index (Phi) is 3.22. The van der Waals surface area contributed by atoms with Crippen molar-refractivity contribution in [2.24, 2.45) is 0 Å². The summed E-state index contributed by atoms with van der Waals surface area (Å²) in [5.74, 6) is 0. The standard InChI is InChI=1S/C15H14ClN3/c1-2-6-12-9-15-17-13(10-14(16)19(15)18-12)11-7-4-3-5-8-11/h3-5,7-10H,2,6H2,1H3. The van der Waals surface area contributed by atoms with Crippen molar-refractivity contribution in [2.75, 3.05) is 0 Å². The summed E-state index contributed by atoms with van der Waals surface area (Å²) in [5, 5.41) is 5.05. The second kappa shape index (κ2) is 5.02. The quantitative estimate of drug-likeness (QED) is 0.674. The number of aromatic nitrogens is 3. The molecule has 0 bridgehead atoms. The minimum atomic E-state index is 0.589. The molecule has 3 rings (SSSR count). The van der Waals surface area contributed by atoms with Crippen molar-refractivity contribution in [3.05, 3.63) is 53.3 Å². The van der Waals surface area contributed by atoms with E-state index in [9.17, 15) is 0 Å². The van der Waals surface area contributed by atoms with Gasteiger partial charge in [-0.05, 0) is 6.42 Å². The first-order chi connectivity index (χ1) is 9.28. The van der Waals surface area contributed by atoms with Crippen LogP contribution in [-0.2, 0) is 6.42 Å². The summed E-state index contributed by atoms with van der Waals surface area (Å²) >= 11 is 6.29. The molecule has 0 unspecified atom stereocenters. The molecule has 2 aromatic heterocycles. The molecule has 0 amide bonds. The SMILES string of the molecule is CCCc1cc2nc(-c3ccccc3)cc(Cl)n2n1. The third kappa shape index (κ3) is 2.34. The van der Waals surface area contributed by atoms with Gasteiger partial charge in [-0.2, -0.15) is 5.10 Å². The molecule has 0 saturated carbocycles. The molecule has 3 aromatic rings. The Morgan fingerprint density at radius 1 is 1.16 bits per heavy atom. The van der Waals surface area contributed by atoms with Gasteiger partial charge in [-0.3, -0.25) is 0 Å². The van der Waals surface area contributed by atoms with Crippen LogP contribution in [0.3, 0.4) is 0 Å². The van der Waals surface area contributed by atoms with Crippen molar-refractivity contribution >= 4 is 17.2 Å². The average molecular weight is 272 g/mol. The number of rotatable bonds is 3. The van der Waals surface area contributed by atoms with E-state index in [0.29, 0.717) is 5.15 Å². The van der Waals surface area contributed by atoms with E-state index in [1.807, 2.05) is 42.5 Å². The molecular weight excluding hydrogens is 258 g/mol. The molecule has 0 atom stereocenters. The van der Waals surface area contributed by atoms with Crippen LogP contribution in [0.25, 0.3) is 16.9 Å². The van der Waals surface area contributed by atoms with Gasteiger partial charge in [-0.25, -0.2) is 9.50 Å². The van der Waals surface area contributed by atoms with Crippen LogP contribution in [0.15, 0.2) is 42.5 Å². The Hall–Kier alpha value is -1.87.